The van der Waals surface area contributed by atoms with Crippen molar-refractivity contribution >= 4 is 0 Å². The standard InChI is InChI=1S/C25H28F4/c1-2-3-17-4-6-18(7-5-17)19-8-10-20(11-9-19)21-12-13-23-22(16-21)14-15-24(26,27)25(23,28)29/h8-13,16-18H,2-7,14-15H2,1H3. The summed E-state index contributed by atoms with van der Waals surface area (Å²) >= 11 is 0. The first kappa shape index (κ1) is 20.4. The average molecular weight is 404 g/mol. The highest BCUT2D eigenvalue weighted by atomic mass is 19.3. The highest BCUT2D eigenvalue weighted by Gasteiger charge is 2.59. The summed E-state index contributed by atoms with van der Waals surface area (Å²) in [4.78, 5) is 0. The van der Waals surface area contributed by atoms with Gasteiger partial charge in [0.1, 0.15) is 0 Å². The Balaban J connectivity index is 1.51. The molecule has 0 unspecified atom stereocenters. The maximum absolute atomic E-state index is 14.1. The molecule has 0 spiro atoms. The van der Waals surface area contributed by atoms with Crippen LogP contribution in [-0.4, -0.2) is 5.92 Å². The van der Waals surface area contributed by atoms with Crippen LogP contribution in [-0.2, 0) is 12.3 Å². The van der Waals surface area contributed by atoms with Crippen molar-refractivity contribution in [3.05, 3.63) is 59.2 Å². The molecule has 156 valence electrons. The zero-order chi connectivity index (χ0) is 20.6. The molecule has 2 aromatic carbocycles. The lowest BCUT2D eigenvalue weighted by molar-refractivity contribution is -0.224. The average Bonchev–Trinajstić information content (AvgIpc) is 2.72. The van der Waals surface area contributed by atoms with E-state index in [4.69, 9.17) is 0 Å². The molecule has 0 N–H and O–H groups in total. The summed E-state index contributed by atoms with van der Waals surface area (Å²) in [6.45, 7) is 2.25. The van der Waals surface area contributed by atoms with Crippen LogP contribution in [0.5, 0.6) is 0 Å². The van der Waals surface area contributed by atoms with Crippen LogP contribution in [0.25, 0.3) is 11.1 Å². The number of rotatable bonds is 4. The molecule has 0 amide bonds. The van der Waals surface area contributed by atoms with Gasteiger partial charge >= 0.3 is 11.8 Å². The molecule has 2 aromatic rings. The van der Waals surface area contributed by atoms with E-state index in [0.29, 0.717) is 11.5 Å². The number of benzene rings is 2. The predicted molar refractivity (Wildman–Crippen MR) is 109 cm³/mol. The first-order chi connectivity index (χ1) is 13.8. The van der Waals surface area contributed by atoms with Gasteiger partial charge in [-0.3, -0.25) is 0 Å². The lowest BCUT2D eigenvalue weighted by Crippen LogP contribution is -2.42. The molecule has 0 saturated heterocycles. The van der Waals surface area contributed by atoms with E-state index in [1.807, 2.05) is 12.1 Å². The smallest absolute Gasteiger partial charge is 0.199 e. The molecule has 0 radical (unpaired) electrons. The van der Waals surface area contributed by atoms with Crippen LogP contribution in [0, 0.1) is 5.92 Å². The van der Waals surface area contributed by atoms with Gasteiger partial charge in [-0.2, -0.15) is 17.6 Å². The molecule has 2 aliphatic carbocycles. The minimum Gasteiger partial charge on any atom is -0.199 e. The molecule has 0 atom stereocenters. The topological polar surface area (TPSA) is 0 Å². The molecule has 1 saturated carbocycles. The zero-order valence-corrected chi connectivity index (χ0v) is 16.9. The van der Waals surface area contributed by atoms with E-state index in [1.54, 1.807) is 12.1 Å². The van der Waals surface area contributed by atoms with E-state index >= 15 is 0 Å². The third-order valence-corrected chi connectivity index (χ3v) is 6.87. The van der Waals surface area contributed by atoms with Crippen LogP contribution >= 0.6 is 0 Å². The number of hydrogen-bond acceptors (Lipinski definition) is 0. The van der Waals surface area contributed by atoms with E-state index in [9.17, 15) is 17.6 Å². The van der Waals surface area contributed by atoms with Crippen LogP contribution in [0.2, 0.25) is 0 Å². The van der Waals surface area contributed by atoms with E-state index in [0.717, 1.165) is 17.0 Å². The highest BCUT2D eigenvalue weighted by molar-refractivity contribution is 5.66. The van der Waals surface area contributed by atoms with Gasteiger partial charge in [0.25, 0.3) is 0 Å². The van der Waals surface area contributed by atoms with Crippen molar-refractivity contribution in [3.63, 3.8) is 0 Å². The van der Waals surface area contributed by atoms with Crippen molar-refractivity contribution < 1.29 is 17.6 Å². The molecule has 4 heteroatoms. The number of halogens is 4. The summed E-state index contributed by atoms with van der Waals surface area (Å²) < 4.78 is 55.4. The molecule has 0 nitrogen and oxygen atoms in total. The summed E-state index contributed by atoms with van der Waals surface area (Å²) in [5.74, 6) is -6.60. The Morgan fingerprint density at radius 3 is 2.17 bits per heavy atom. The number of fused-ring (bicyclic) bond motifs is 1. The second-order valence-electron chi connectivity index (χ2n) is 8.78. The summed E-state index contributed by atoms with van der Waals surface area (Å²) in [5.41, 5.74) is 2.89. The molecule has 0 aromatic heterocycles. The largest absolute Gasteiger partial charge is 0.335 e. The molecule has 2 aliphatic rings. The molecule has 4 rings (SSSR count). The van der Waals surface area contributed by atoms with Gasteiger partial charge in [0, 0.05) is 12.0 Å². The number of hydrogen-bond donors (Lipinski definition) is 0. The van der Waals surface area contributed by atoms with E-state index < -0.39 is 23.8 Å². The molecular weight excluding hydrogens is 376 g/mol. The quantitative estimate of drug-likeness (QED) is 0.452. The Kier molecular flexibility index (Phi) is 5.48. The van der Waals surface area contributed by atoms with Crippen molar-refractivity contribution in [2.24, 2.45) is 5.92 Å². The third-order valence-electron chi connectivity index (χ3n) is 6.87. The van der Waals surface area contributed by atoms with Gasteiger partial charge in [0.15, 0.2) is 0 Å². The van der Waals surface area contributed by atoms with E-state index in [1.165, 1.54) is 50.2 Å². The van der Waals surface area contributed by atoms with Crippen LogP contribution in [0.1, 0.15) is 74.5 Å². The Bertz CT molecular complexity index is 846. The maximum Gasteiger partial charge on any atom is 0.335 e. The lowest BCUT2D eigenvalue weighted by Gasteiger charge is -2.33. The first-order valence-electron chi connectivity index (χ1n) is 10.8. The third kappa shape index (κ3) is 3.83. The van der Waals surface area contributed by atoms with Crippen LogP contribution in [0.15, 0.2) is 42.5 Å². The normalized spacial score (nSPS) is 25.4. The summed E-state index contributed by atoms with van der Waals surface area (Å²) in [6.07, 6.45) is 6.80. The predicted octanol–water partition coefficient (Wildman–Crippen LogP) is 8.10. The van der Waals surface area contributed by atoms with Gasteiger partial charge in [-0.25, -0.2) is 0 Å². The Labute approximate surface area is 170 Å². The molecule has 0 heterocycles. The zero-order valence-electron chi connectivity index (χ0n) is 16.9. The second-order valence-corrected chi connectivity index (χ2v) is 8.78. The Hall–Kier alpha value is -1.84. The van der Waals surface area contributed by atoms with Crippen molar-refractivity contribution in [1.29, 1.82) is 0 Å². The molecule has 0 bridgehead atoms. The number of alkyl halides is 4. The minimum atomic E-state index is -4.10. The molecular formula is C25H28F4. The highest BCUT2D eigenvalue weighted by Crippen LogP contribution is 2.50. The molecule has 1 fully saturated rings. The minimum absolute atomic E-state index is 0.0230. The SMILES string of the molecule is CCCC1CCC(c2ccc(-c3ccc4c(c3)CCC(F)(F)C4(F)F)cc2)CC1. The van der Waals surface area contributed by atoms with E-state index in [-0.39, 0.29) is 6.42 Å². The van der Waals surface area contributed by atoms with Crippen LogP contribution < -0.4 is 0 Å². The second kappa shape index (κ2) is 7.77. The fraction of sp³-hybridized carbons (Fsp3) is 0.520. The van der Waals surface area contributed by atoms with Gasteiger partial charge in [-0.05, 0) is 66.2 Å². The van der Waals surface area contributed by atoms with Gasteiger partial charge in [-0.15, -0.1) is 0 Å². The van der Waals surface area contributed by atoms with Crippen LogP contribution in [0.4, 0.5) is 17.6 Å². The van der Waals surface area contributed by atoms with Crippen molar-refractivity contribution in [3.8, 4) is 11.1 Å². The fourth-order valence-electron chi connectivity index (χ4n) is 5.07. The Morgan fingerprint density at radius 1 is 0.862 bits per heavy atom. The van der Waals surface area contributed by atoms with Crippen molar-refractivity contribution in [2.75, 3.05) is 0 Å². The summed E-state index contributed by atoms with van der Waals surface area (Å²) in [6, 6.07) is 12.7. The summed E-state index contributed by atoms with van der Waals surface area (Å²) in [5, 5.41) is 0. The maximum atomic E-state index is 14.1. The van der Waals surface area contributed by atoms with E-state index in [2.05, 4.69) is 19.1 Å². The molecule has 0 aliphatic heterocycles. The first-order valence-corrected chi connectivity index (χ1v) is 10.8. The van der Waals surface area contributed by atoms with Crippen LogP contribution in [0.3, 0.4) is 0 Å². The van der Waals surface area contributed by atoms with Crippen molar-refractivity contribution in [1.82, 2.24) is 0 Å². The Morgan fingerprint density at radius 2 is 1.52 bits per heavy atom. The van der Waals surface area contributed by atoms with Gasteiger partial charge < -0.3 is 0 Å². The van der Waals surface area contributed by atoms with Crippen molar-refractivity contribution in [2.45, 2.75) is 76.1 Å². The fourth-order valence-corrected chi connectivity index (χ4v) is 5.07. The van der Waals surface area contributed by atoms with Gasteiger partial charge in [0.2, 0.25) is 0 Å². The van der Waals surface area contributed by atoms with Gasteiger partial charge in [-0.1, -0.05) is 62.2 Å². The lowest BCUT2D eigenvalue weighted by atomic mass is 9.77. The number of aryl methyl sites for hydroxylation is 1. The molecule has 29 heavy (non-hydrogen) atoms. The summed E-state index contributed by atoms with van der Waals surface area (Å²) in [7, 11) is 0. The van der Waals surface area contributed by atoms with Gasteiger partial charge in [0.05, 0.1) is 0 Å². The monoisotopic (exact) mass is 404 g/mol.